The normalized spacial score (nSPS) is 14.9. The van der Waals surface area contributed by atoms with Gasteiger partial charge in [0.2, 0.25) is 5.91 Å². The maximum absolute atomic E-state index is 12.4. The van der Waals surface area contributed by atoms with Crippen LogP contribution in [0.15, 0.2) is 48.6 Å². The highest BCUT2D eigenvalue weighted by atomic mass is 16.3. The summed E-state index contributed by atoms with van der Waals surface area (Å²) in [4.78, 5) is 12.4. The zero-order valence-electron chi connectivity index (χ0n) is 31.2. The summed E-state index contributed by atoms with van der Waals surface area (Å²) in [5.74, 6) is -0.618. The predicted octanol–water partition coefficient (Wildman–Crippen LogP) is 9.95. The number of carbonyl (C=O) groups is 1. The molecule has 5 N–H and O–H groups in total. The van der Waals surface area contributed by atoms with Gasteiger partial charge in [-0.25, -0.2) is 0 Å². The summed E-state index contributed by atoms with van der Waals surface area (Å²) in [6.07, 6.45) is 43.0. The van der Waals surface area contributed by atoms with Crippen molar-refractivity contribution in [2.24, 2.45) is 0 Å². The predicted molar refractivity (Wildman–Crippen MR) is 205 cm³/mol. The average Bonchev–Trinajstić information content (AvgIpc) is 3.09. The fourth-order valence-corrected chi connectivity index (χ4v) is 5.71. The number of hydrogen-bond donors (Lipinski definition) is 5. The van der Waals surface area contributed by atoms with E-state index in [1.807, 2.05) is 0 Å². The van der Waals surface area contributed by atoms with Crippen LogP contribution in [0.3, 0.4) is 0 Å². The van der Waals surface area contributed by atoms with Gasteiger partial charge < -0.3 is 25.7 Å². The number of carbonyl (C=O) groups excluding carboxylic acids is 1. The monoisotopic (exact) mass is 676 g/mol. The van der Waals surface area contributed by atoms with E-state index in [1.165, 1.54) is 83.5 Å². The Bertz CT molecular complexity index is 808. The lowest BCUT2D eigenvalue weighted by atomic mass is 10.00. The van der Waals surface area contributed by atoms with Crippen LogP contribution in [0.1, 0.15) is 181 Å². The van der Waals surface area contributed by atoms with Crippen LogP contribution in [-0.4, -0.2) is 57.3 Å². The van der Waals surface area contributed by atoms with Gasteiger partial charge in [0.1, 0.15) is 12.2 Å². The summed E-state index contributed by atoms with van der Waals surface area (Å²) in [6, 6.07) is -1.02. The summed E-state index contributed by atoms with van der Waals surface area (Å²) in [5.41, 5.74) is 0. The Hall–Kier alpha value is -1.73. The van der Waals surface area contributed by atoms with Gasteiger partial charge in [-0.15, -0.1) is 0 Å². The molecule has 48 heavy (non-hydrogen) atoms. The van der Waals surface area contributed by atoms with Crippen molar-refractivity contribution < 1.29 is 25.2 Å². The van der Waals surface area contributed by atoms with Gasteiger partial charge in [0.25, 0.3) is 0 Å². The lowest BCUT2D eigenvalue weighted by Crippen LogP contribution is -2.53. The zero-order chi connectivity index (χ0) is 35.3. The third-order valence-electron chi connectivity index (χ3n) is 8.97. The van der Waals surface area contributed by atoms with Crippen LogP contribution >= 0.6 is 0 Å². The minimum atomic E-state index is -1.30. The number of hydrogen-bond acceptors (Lipinski definition) is 5. The Kier molecular flexibility index (Phi) is 35.2. The molecule has 4 unspecified atom stereocenters. The van der Waals surface area contributed by atoms with Gasteiger partial charge in [0, 0.05) is 0 Å². The van der Waals surface area contributed by atoms with Crippen LogP contribution in [0.25, 0.3) is 0 Å². The molecule has 1 amide bonds. The summed E-state index contributed by atoms with van der Waals surface area (Å²) < 4.78 is 0. The lowest BCUT2D eigenvalue weighted by Gasteiger charge is -2.27. The van der Waals surface area contributed by atoms with Crippen molar-refractivity contribution in [3.8, 4) is 0 Å². The zero-order valence-corrected chi connectivity index (χ0v) is 31.2. The van der Waals surface area contributed by atoms with Gasteiger partial charge in [-0.05, 0) is 83.5 Å². The molecule has 0 aliphatic rings. The van der Waals surface area contributed by atoms with E-state index in [-0.39, 0.29) is 0 Å². The van der Waals surface area contributed by atoms with Gasteiger partial charge >= 0.3 is 0 Å². The Morgan fingerprint density at radius 3 is 1.38 bits per heavy atom. The van der Waals surface area contributed by atoms with Crippen LogP contribution in [0.4, 0.5) is 0 Å². The summed E-state index contributed by atoms with van der Waals surface area (Å²) in [5, 5.41) is 43.3. The molecule has 0 spiro atoms. The molecule has 0 aliphatic carbocycles. The molecule has 0 aromatic heterocycles. The first kappa shape index (κ1) is 46.3. The lowest BCUT2D eigenvalue weighted by molar-refractivity contribution is -0.132. The minimum absolute atomic E-state index is 0.334. The fourth-order valence-electron chi connectivity index (χ4n) is 5.71. The molecule has 0 heterocycles. The molecule has 0 rings (SSSR count). The number of amides is 1. The highest BCUT2D eigenvalue weighted by Crippen LogP contribution is 2.13. The summed E-state index contributed by atoms with van der Waals surface area (Å²) >= 11 is 0. The van der Waals surface area contributed by atoms with E-state index in [0.29, 0.717) is 19.3 Å². The van der Waals surface area contributed by atoms with Crippen LogP contribution in [0, 0.1) is 0 Å². The molecule has 6 heteroatoms. The standard InChI is InChI=1S/C42H77NO5/c1-3-5-7-9-11-13-14-15-16-17-18-19-20-21-22-23-24-25-26-28-29-31-33-35-39(45)41(47)38(37-44)43-42(48)40(46)36-34-32-30-27-12-10-8-6-4-2/h10,12,19-20,23-24,28-29,38-41,44-47H,3-9,11,13-18,21-22,25-27,30-37H2,1-2H3,(H,43,48)/b12-10-,20-19+,24-23+,29-28+. The third-order valence-corrected chi connectivity index (χ3v) is 8.97. The highest BCUT2D eigenvalue weighted by molar-refractivity contribution is 5.80. The number of allylic oxidation sites excluding steroid dienone is 8. The first-order valence-corrected chi connectivity index (χ1v) is 20.0. The van der Waals surface area contributed by atoms with Crippen molar-refractivity contribution in [1.82, 2.24) is 5.32 Å². The van der Waals surface area contributed by atoms with E-state index in [1.54, 1.807) is 0 Å². The molecule has 0 saturated heterocycles. The second-order valence-corrected chi connectivity index (χ2v) is 13.6. The Labute approximate surface area is 296 Å². The second kappa shape index (κ2) is 36.5. The first-order chi connectivity index (χ1) is 23.5. The van der Waals surface area contributed by atoms with E-state index in [9.17, 15) is 25.2 Å². The summed E-state index contributed by atoms with van der Waals surface area (Å²) in [6.45, 7) is 3.95. The molecular formula is C42H77NO5. The molecule has 0 fully saturated rings. The number of nitrogens with one attached hydrogen (secondary N) is 1. The first-order valence-electron chi connectivity index (χ1n) is 20.0. The molecule has 0 saturated carbocycles. The van der Waals surface area contributed by atoms with Gasteiger partial charge in [0.05, 0.1) is 18.8 Å². The van der Waals surface area contributed by atoms with Crippen LogP contribution in [0.2, 0.25) is 0 Å². The van der Waals surface area contributed by atoms with Crippen molar-refractivity contribution in [3.05, 3.63) is 48.6 Å². The molecule has 4 atom stereocenters. The quantitative estimate of drug-likeness (QED) is 0.0339. The van der Waals surface area contributed by atoms with Gasteiger partial charge in [-0.3, -0.25) is 4.79 Å². The van der Waals surface area contributed by atoms with Crippen LogP contribution in [-0.2, 0) is 4.79 Å². The number of aliphatic hydroxyl groups is 4. The SMILES string of the molecule is CCCC/C=C\CCCCCC(O)C(=O)NC(CO)C(O)C(O)CCC/C=C/CC/C=C/CC/C=C/CCCCCCCCCCCC. The van der Waals surface area contributed by atoms with Crippen molar-refractivity contribution in [1.29, 1.82) is 0 Å². The largest absolute Gasteiger partial charge is 0.394 e. The van der Waals surface area contributed by atoms with Crippen molar-refractivity contribution in [3.63, 3.8) is 0 Å². The van der Waals surface area contributed by atoms with Crippen molar-refractivity contribution in [2.75, 3.05) is 6.61 Å². The maximum Gasteiger partial charge on any atom is 0.249 e. The van der Waals surface area contributed by atoms with E-state index < -0.39 is 36.9 Å². The molecule has 0 aromatic carbocycles. The Morgan fingerprint density at radius 2 is 0.896 bits per heavy atom. The second-order valence-electron chi connectivity index (χ2n) is 13.6. The number of aliphatic hydroxyl groups excluding tert-OH is 4. The molecule has 0 radical (unpaired) electrons. The molecule has 6 nitrogen and oxygen atoms in total. The molecule has 0 bridgehead atoms. The molecule has 280 valence electrons. The maximum atomic E-state index is 12.4. The smallest absolute Gasteiger partial charge is 0.249 e. The van der Waals surface area contributed by atoms with E-state index >= 15 is 0 Å². The van der Waals surface area contributed by atoms with Gasteiger partial charge in [-0.1, -0.05) is 146 Å². The van der Waals surface area contributed by atoms with Crippen LogP contribution < -0.4 is 5.32 Å². The summed E-state index contributed by atoms with van der Waals surface area (Å²) in [7, 11) is 0. The molecular weight excluding hydrogens is 598 g/mol. The molecule has 0 aliphatic heterocycles. The van der Waals surface area contributed by atoms with Crippen molar-refractivity contribution in [2.45, 2.75) is 205 Å². The van der Waals surface area contributed by atoms with Gasteiger partial charge in [0.15, 0.2) is 0 Å². The third kappa shape index (κ3) is 30.3. The Balaban J connectivity index is 3.84. The topological polar surface area (TPSA) is 110 Å². The number of rotatable bonds is 35. The van der Waals surface area contributed by atoms with Crippen molar-refractivity contribution >= 4 is 5.91 Å². The van der Waals surface area contributed by atoms with E-state index in [4.69, 9.17) is 0 Å². The number of unbranched alkanes of at least 4 members (excludes halogenated alkanes) is 18. The fraction of sp³-hybridized carbons (Fsp3) is 0.786. The average molecular weight is 676 g/mol. The highest BCUT2D eigenvalue weighted by Gasteiger charge is 2.28. The Morgan fingerprint density at radius 1 is 0.500 bits per heavy atom. The van der Waals surface area contributed by atoms with E-state index in [0.717, 1.165) is 64.2 Å². The van der Waals surface area contributed by atoms with Gasteiger partial charge in [-0.2, -0.15) is 0 Å². The minimum Gasteiger partial charge on any atom is -0.394 e. The van der Waals surface area contributed by atoms with E-state index in [2.05, 4.69) is 67.8 Å². The molecule has 0 aromatic rings. The van der Waals surface area contributed by atoms with Crippen LogP contribution in [0.5, 0.6) is 0 Å².